The van der Waals surface area contributed by atoms with Crippen LogP contribution in [0, 0.1) is 6.92 Å². The molecule has 3 aromatic rings. The maximum atomic E-state index is 12.6. The maximum Gasteiger partial charge on any atom is 0.248 e. The van der Waals surface area contributed by atoms with Crippen LogP contribution in [0.1, 0.15) is 22.9 Å². The van der Waals surface area contributed by atoms with Gasteiger partial charge in [-0.25, -0.2) is 0 Å². The van der Waals surface area contributed by atoms with Crippen molar-refractivity contribution in [2.45, 2.75) is 13.0 Å². The molecule has 1 amide bonds. The van der Waals surface area contributed by atoms with Gasteiger partial charge in [0, 0.05) is 29.3 Å². The van der Waals surface area contributed by atoms with Crippen molar-refractivity contribution in [1.29, 1.82) is 0 Å². The number of rotatable bonds is 6. The van der Waals surface area contributed by atoms with E-state index in [-0.39, 0.29) is 18.7 Å². The first-order valence-corrected chi connectivity index (χ1v) is 8.21. The van der Waals surface area contributed by atoms with E-state index in [1.54, 1.807) is 12.0 Å². The Morgan fingerprint density at radius 3 is 2.56 bits per heavy atom. The minimum atomic E-state index is -0.261. The minimum absolute atomic E-state index is 0.166. The average molecular weight is 334 g/mol. The number of aryl methyl sites for hydroxylation is 1. The highest BCUT2D eigenvalue weighted by atomic mass is 16.5. The zero-order valence-corrected chi connectivity index (χ0v) is 14.5. The lowest BCUT2D eigenvalue weighted by atomic mass is 9.94. The molecule has 128 valence electrons. The molecule has 0 fully saturated rings. The van der Waals surface area contributed by atoms with Crippen molar-refractivity contribution in [2.24, 2.45) is 0 Å². The topological polar surface area (TPSA) is 45.3 Å². The summed E-state index contributed by atoms with van der Waals surface area (Å²) in [5.74, 6) is -0.166. The fraction of sp³-hybridized carbons (Fsp3) is 0.190. The Bertz CT molecular complexity index is 883. The molecule has 0 bridgehead atoms. The number of nitrogens with one attached hydrogen (secondary N) is 1. The number of carbonyl (C=O) groups is 1. The van der Waals surface area contributed by atoms with Gasteiger partial charge in [0.2, 0.25) is 5.91 Å². The van der Waals surface area contributed by atoms with Crippen LogP contribution < -0.4 is 0 Å². The molecule has 0 aliphatic heterocycles. The molecular weight excluding hydrogens is 312 g/mol. The molecule has 1 N–H and O–H groups in total. The van der Waals surface area contributed by atoms with Crippen LogP contribution in [0.5, 0.6) is 0 Å². The van der Waals surface area contributed by atoms with Crippen molar-refractivity contribution in [3.8, 4) is 0 Å². The Kier molecular flexibility index (Phi) is 5.00. The summed E-state index contributed by atoms with van der Waals surface area (Å²) in [4.78, 5) is 17.7. The third kappa shape index (κ3) is 3.21. The second kappa shape index (κ2) is 7.36. The lowest BCUT2D eigenvalue weighted by Crippen LogP contribution is -2.36. The number of amides is 1. The quantitative estimate of drug-likeness (QED) is 0.543. The van der Waals surface area contributed by atoms with Gasteiger partial charge in [0.1, 0.15) is 6.73 Å². The molecule has 0 radical (unpaired) electrons. The van der Waals surface area contributed by atoms with Crippen LogP contribution in [0.4, 0.5) is 0 Å². The Morgan fingerprint density at radius 1 is 1.20 bits per heavy atom. The number of H-pyrrole nitrogens is 1. The highest BCUT2D eigenvalue weighted by Crippen LogP contribution is 2.36. The standard InChI is InChI=1S/C21H22N2O2/c1-4-19(24)23(14-25-3)21(16-10-6-5-7-11-16)20-15(2)22-18-13-9-8-12-17(18)20/h4-13,21-22H,1,14H2,2-3H3. The molecule has 1 aromatic heterocycles. The third-order valence-corrected chi connectivity index (χ3v) is 4.37. The van der Waals surface area contributed by atoms with Crippen molar-refractivity contribution in [1.82, 2.24) is 9.88 Å². The maximum absolute atomic E-state index is 12.6. The number of methoxy groups -OCH3 is 1. The van der Waals surface area contributed by atoms with Gasteiger partial charge in [-0.15, -0.1) is 0 Å². The normalized spacial score (nSPS) is 12.1. The van der Waals surface area contributed by atoms with E-state index in [0.717, 1.165) is 27.7 Å². The molecule has 25 heavy (non-hydrogen) atoms. The van der Waals surface area contributed by atoms with Gasteiger partial charge in [-0.3, -0.25) is 4.79 Å². The number of para-hydroxylation sites is 1. The molecule has 1 heterocycles. The highest BCUT2D eigenvalue weighted by molar-refractivity contribution is 5.90. The summed E-state index contributed by atoms with van der Waals surface area (Å²) in [7, 11) is 1.59. The Hall–Kier alpha value is -2.85. The number of carbonyl (C=O) groups excluding carboxylic acids is 1. The van der Waals surface area contributed by atoms with E-state index >= 15 is 0 Å². The third-order valence-electron chi connectivity index (χ3n) is 4.37. The lowest BCUT2D eigenvalue weighted by molar-refractivity contribution is -0.132. The molecule has 0 saturated carbocycles. The van der Waals surface area contributed by atoms with E-state index in [9.17, 15) is 4.79 Å². The fourth-order valence-electron chi connectivity index (χ4n) is 3.31. The van der Waals surface area contributed by atoms with Crippen LogP contribution >= 0.6 is 0 Å². The van der Waals surface area contributed by atoms with Gasteiger partial charge >= 0.3 is 0 Å². The van der Waals surface area contributed by atoms with Crippen molar-refractivity contribution in [3.63, 3.8) is 0 Å². The monoisotopic (exact) mass is 334 g/mol. The SMILES string of the molecule is C=CC(=O)N(COC)C(c1ccccc1)c1c(C)[nH]c2ccccc12. The molecule has 0 saturated heterocycles. The molecule has 2 aromatic carbocycles. The van der Waals surface area contributed by atoms with Gasteiger partial charge in [0.05, 0.1) is 6.04 Å². The van der Waals surface area contributed by atoms with Crippen molar-refractivity contribution in [3.05, 3.63) is 84.1 Å². The average Bonchev–Trinajstić information content (AvgIpc) is 2.97. The zero-order chi connectivity index (χ0) is 17.8. The van der Waals surface area contributed by atoms with Crippen molar-refractivity contribution in [2.75, 3.05) is 13.8 Å². The van der Waals surface area contributed by atoms with Crippen molar-refractivity contribution >= 4 is 16.8 Å². The molecule has 1 atom stereocenters. The smallest absolute Gasteiger partial charge is 0.248 e. The first kappa shape index (κ1) is 17.0. The Labute approximate surface area is 147 Å². The Morgan fingerprint density at radius 2 is 1.88 bits per heavy atom. The molecular formula is C21H22N2O2. The van der Waals surface area contributed by atoms with Gasteiger partial charge in [-0.2, -0.15) is 0 Å². The van der Waals surface area contributed by atoms with Gasteiger partial charge < -0.3 is 14.6 Å². The number of aromatic amines is 1. The summed E-state index contributed by atoms with van der Waals surface area (Å²) in [5.41, 5.74) is 4.20. The highest BCUT2D eigenvalue weighted by Gasteiger charge is 2.29. The summed E-state index contributed by atoms with van der Waals surface area (Å²) in [6.45, 7) is 5.87. The number of hydrogen-bond acceptors (Lipinski definition) is 2. The second-order valence-electron chi connectivity index (χ2n) is 5.95. The first-order valence-electron chi connectivity index (χ1n) is 8.21. The molecule has 3 rings (SSSR count). The van der Waals surface area contributed by atoms with Crippen molar-refractivity contribution < 1.29 is 9.53 Å². The van der Waals surface area contributed by atoms with E-state index in [1.165, 1.54) is 6.08 Å². The summed E-state index contributed by atoms with van der Waals surface area (Å²) < 4.78 is 5.33. The summed E-state index contributed by atoms with van der Waals surface area (Å²) in [6, 6.07) is 17.9. The Balaban J connectivity index is 2.25. The number of nitrogens with zero attached hydrogens (tertiary/aromatic N) is 1. The van der Waals surface area contributed by atoms with E-state index in [4.69, 9.17) is 4.74 Å². The van der Waals surface area contributed by atoms with Crippen LogP contribution in [0.2, 0.25) is 0 Å². The molecule has 0 spiro atoms. The van der Waals surface area contributed by atoms with Gasteiger partial charge in [-0.1, -0.05) is 55.1 Å². The van der Waals surface area contributed by atoms with Crippen LogP contribution in [-0.2, 0) is 9.53 Å². The number of benzene rings is 2. The van der Waals surface area contributed by atoms with Gasteiger partial charge in [0.25, 0.3) is 0 Å². The van der Waals surface area contributed by atoms with E-state index < -0.39 is 0 Å². The number of hydrogen-bond donors (Lipinski definition) is 1. The molecule has 1 unspecified atom stereocenters. The fourth-order valence-corrected chi connectivity index (χ4v) is 3.31. The molecule has 0 aliphatic rings. The summed E-state index contributed by atoms with van der Waals surface area (Å²) in [6.07, 6.45) is 1.33. The van der Waals surface area contributed by atoms with E-state index in [2.05, 4.69) is 17.6 Å². The number of fused-ring (bicyclic) bond motifs is 1. The van der Waals surface area contributed by atoms with E-state index in [1.807, 2.05) is 55.5 Å². The second-order valence-corrected chi connectivity index (χ2v) is 5.95. The largest absolute Gasteiger partial charge is 0.364 e. The molecule has 4 nitrogen and oxygen atoms in total. The first-order chi connectivity index (χ1) is 12.2. The van der Waals surface area contributed by atoms with Crippen LogP contribution in [-0.4, -0.2) is 29.6 Å². The zero-order valence-electron chi connectivity index (χ0n) is 14.5. The summed E-state index contributed by atoms with van der Waals surface area (Å²) in [5, 5.41) is 1.10. The predicted molar refractivity (Wildman–Crippen MR) is 100 cm³/mol. The minimum Gasteiger partial charge on any atom is -0.364 e. The van der Waals surface area contributed by atoms with Crippen LogP contribution in [0.15, 0.2) is 67.3 Å². The summed E-state index contributed by atoms with van der Waals surface area (Å²) >= 11 is 0. The predicted octanol–water partition coefficient (Wildman–Crippen LogP) is 4.18. The lowest BCUT2D eigenvalue weighted by Gasteiger charge is -2.31. The number of aromatic nitrogens is 1. The van der Waals surface area contributed by atoms with E-state index in [0.29, 0.717) is 0 Å². The van der Waals surface area contributed by atoms with Crippen LogP contribution in [0.25, 0.3) is 10.9 Å². The van der Waals surface area contributed by atoms with Gasteiger partial charge in [0.15, 0.2) is 0 Å². The van der Waals surface area contributed by atoms with Crippen LogP contribution in [0.3, 0.4) is 0 Å². The van der Waals surface area contributed by atoms with Gasteiger partial charge in [-0.05, 0) is 24.6 Å². The molecule has 0 aliphatic carbocycles. The molecule has 4 heteroatoms. The number of ether oxygens (including phenoxy) is 1.